The van der Waals surface area contributed by atoms with Crippen LogP contribution in [0, 0.1) is 6.92 Å². The molecule has 0 bridgehead atoms. The number of nitrogens with one attached hydrogen (secondary N) is 3. The third-order valence-electron chi connectivity index (χ3n) is 5.82. The Morgan fingerprint density at radius 2 is 2.03 bits per heavy atom. The zero-order chi connectivity index (χ0) is 21.7. The molecule has 156 valence electrons. The lowest BCUT2D eigenvalue weighted by molar-refractivity contribution is -0.136. The quantitative estimate of drug-likeness (QED) is 0.562. The van der Waals surface area contributed by atoms with E-state index in [4.69, 9.17) is 0 Å². The summed E-state index contributed by atoms with van der Waals surface area (Å²) in [6.45, 7) is 2.12. The van der Waals surface area contributed by atoms with E-state index in [0.29, 0.717) is 28.8 Å². The third-order valence-corrected chi connectivity index (χ3v) is 5.82. The second kappa shape index (κ2) is 7.05. The predicted molar refractivity (Wildman–Crippen MR) is 111 cm³/mol. The lowest BCUT2D eigenvalue weighted by Crippen LogP contribution is -2.52. The highest BCUT2D eigenvalue weighted by molar-refractivity contribution is 6.08. The number of aromatic amines is 1. The van der Waals surface area contributed by atoms with Crippen molar-refractivity contribution >= 4 is 40.2 Å². The van der Waals surface area contributed by atoms with Crippen LogP contribution in [0.4, 0.5) is 5.69 Å². The Labute approximate surface area is 176 Å². The van der Waals surface area contributed by atoms with Crippen molar-refractivity contribution in [1.82, 2.24) is 20.4 Å². The summed E-state index contributed by atoms with van der Waals surface area (Å²) < 4.78 is 0. The number of H-pyrrole nitrogens is 1. The van der Waals surface area contributed by atoms with Gasteiger partial charge in [-0.05, 0) is 54.8 Å². The number of imide groups is 1. The largest absolute Gasteiger partial charge is 0.322 e. The van der Waals surface area contributed by atoms with E-state index in [1.165, 1.54) is 4.90 Å². The molecule has 1 aromatic heterocycles. The normalized spacial score (nSPS) is 18.3. The van der Waals surface area contributed by atoms with Gasteiger partial charge in [-0.2, -0.15) is 5.10 Å². The summed E-state index contributed by atoms with van der Waals surface area (Å²) in [6, 6.07) is 7.99. The van der Waals surface area contributed by atoms with Crippen molar-refractivity contribution in [2.24, 2.45) is 0 Å². The fraction of sp³-hybridized carbons (Fsp3) is 0.227. The van der Waals surface area contributed by atoms with E-state index in [9.17, 15) is 19.2 Å². The van der Waals surface area contributed by atoms with Gasteiger partial charge in [-0.15, -0.1) is 0 Å². The SMILES string of the molecule is Cc1cc2[nH]ncc2cc1NC(=O)c1ccc2c(c1)CN(C1CCC(=O)NC1=O)C2=O. The summed E-state index contributed by atoms with van der Waals surface area (Å²) in [5.41, 5.74) is 4.04. The molecule has 31 heavy (non-hydrogen) atoms. The number of rotatable bonds is 3. The Hall–Kier alpha value is -4.01. The first-order chi connectivity index (χ1) is 14.9. The molecule has 0 aliphatic carbocycles. The molecular formula is C22H19N5O4. The Balaban J connectivity index is 1.37. The van der Waals surface area contributed by atoms with Crippen LogP contribution >= 0.6 is 0 Å². The molecule has 3 N–H and O–H groups in total. The molecule has 1 atom stereocenters. The van der Waals surface area contributed by atoms with Gasteiger partial charge in [-0.25, -0.2) is 0 Å². The van der Waals surface area contributed by atoms with E-state index in [0.717, 1.165) is 16.5 Å². The van der Waals surface area contributed by atoms with Crippen LogP contribution in [0.5, 0.6) is 0 Å². The summed E-state index contributed by atoms with van der Waals surface area (Å²) in [5.74, 6) is -1.34. The number of aromatic nitrogens is 2. The molecule has 9 heteroatoms. The van der Waals surface area contributed by atoms with Crippen LogP contribution in [-0.4, -0.2) is 44.8 Å². The molecule has 1 saturated heterocycles. The first-order valence-electron chi connectivity index (χ1n) is 9.93. The first-order valence-corrected chi connectivity index (χ1v) is 9.93. The summed E-state index contributed by atoms with van der Waals surface area (Å²) in [7, 11) is 0. The standard InChI is InChI=1S/C22H19N5O4/c1-11-6-17-13(9-23-26-17)8-16(11)24-20(29)12-2-3-15-14(7-12)10-27(22(15)31)18-4-5-19(28)25-21(18)30/h2-3,6-9,18H,4-5,10H2,1H3,(H,23,26)(H,24,29)(H,25,28,30). The molecule has 5 rings (SSSR count). The minimum Gasteiger partial charge on any atom is -0.322 e. The van der Waals surface area contributed by atoms with E-state index in [2.05, 4.69) is 20.8 Å². The number of nitrogens with zero attached hydrogens (tertiary/aromatic N) is 2. The second-order valence-corrected chi connectivity index (χ2v) is 7.85. The van der Waals surface area contributed by atoms with Crippen molar-refractivity contribution in [2.75, 3.05) is 5.32 Å². The maximum atomic E-state index is 12.9. The van der Waals surface area contributed by atoms with Gasteiger partial charge in [0.25, 0.3) is 11.8 Å². The Bertz CT molecular complexity index is 1280. The Kier molecular flexibility index (Phi) is 4.32. The number of anilines is 1. The number of carbonyl (C=O) groups excluding carboxylic acids is 4. The lowest BCUT2D eigenvalue weighted by atomic mass is 10.0. The maximum Gasteiger partial charge on any atom is 0.255 e. The minimum absolute atomic E-state index is 0.199. The van der Waals surface area contributed by atoms with E-state index in [-0.39, 0.29) is 30.7 Å². The molecule has 4 amide bonds. The summed E-state index contributed by atoms with van der Waals surface area (Å²) in [4.78, 5) is 50.7. The monoisotopic (exact) mass is 417 g/mol. The number of aryl methyl sites for hydroxylation is 1. The van der Waals surface area contributed by atoms with Crippen molar-refractivity contribution in [3.05, 3.63) is 58.8 Å². The van der Waals surface area contributed by atoms with Crippen LogP contribution in [0.3, 0.4) is 0 Å². The van der Waals surface area contributed by atoms with Crippen molar-refractivity contribution in [2.45, 2.75) is 32.4 Å². The van der Waals surface area contributed by atoms with Crippen molar-refractivity contribution < 1.29 is 19.2 Å². The molecule has 2 aromatic carbocycles. The zero-order valence-corrected chi connectivity index (χ0v) is 16.7. The molecule has 1 unspecified atom stereocenters. The van der Waals surface area contributed by atoms with Crippen LogP contribution in [0.15, 0.2) is 36.5 Å². The molecule has 3 aromatic rings. The van der Waals surface area contributed by atoms with Gasteiger partial charge in [0.05, 0.1) is 11.7 Å². The van der Waals surface area contributed by atoms with Gasteiger partial charge in [-0.1, -0.05) is 0 Å². The number of carbonyl (C=O) groups is 4. The van der Waals surface area contributed by atoms with Crippen molar-refractivity contribution in [1.29, 1.82) is 0 Å². The number of amides is 4. The zero-order valence-electron chi connectivity index (χ0n) is 16.7. The number of hydrogen-bond acceptors (Lipinski definition) is 5. The molecule has 2 aliphatic rings. The van der Waals surface area contributed by atoms with Crippen LogP contribution < -0.4 is 10.6 Å². The van der Waals surface area contributed by atoms with Gasteiger partial charge < -0.3 is 10.2 Å². The first kappa shape index (κ1) is 19.0. The highest BCUT2D eigenvalue weighted by Crippen LogP contribution is 2.29. The van der Waals surface area contributed by atoms with E-state index < -0.39 is 11.9 Å². The molecule has 3 heterocycles. The molecule has 0 spiro atoms. The molecule has 0 saturated carbocycles. The second-order valence-electron chi connectivity index (χ2n) is 7.85. The lowest BCUT2D eigenvalue weighted by Gasteiger charge is -2.29. The Morgan fingerprint density at radius 3 is 2.84 bits per heavy atom. The van der Waals surface area contributed by atoms with E-state index >= 15 is 0 Å². The average Bonchev–Trinajstić information content (AvgIpc) is 3.32. The smallest absolute Gasteiger partial charge is 0.255 e. The fourth-order valence-corrected chi connectivity index (χ4v) is 4.14. The number of benzene rings is 2. The highest BCUT2D eigenvalue weighted by atomic mass is 16.2. The van der Waals surface area contributed by atoms with Crippen LogP contribution in [0.25, 0.3) is 10.9 Å². The van der Waals surface area contributed by atoms with Crippen LogP contribution in [-0.2, 0) is 16.1 Å². The highest BCUT2D eigenvalue weighted by Gasteiger charge is 2.39. The molecule has 0 radical (unpaired) electrons. The van der Waals surface area contributed by atoms with Gasteiger partial charge in [0.2, 0.25) is 11.8 Å². The van der Waals surface area contributed by atoms with Gasteiger partial charge in [-0.3, -0.25) is 29.6 Å². The molecule has 2 aliphatic heterocycles. The number of piperidine rings is 1. The summed E-state index contributed by atoms with van der Waals surface area (Å²) in [5, 5.41) is 13.0. The fourth-order valence-electron chi connectivity index (χ4n) is 4.14. The van der Waals surface area contributed by atoms with Gasteiger partial charge in [0.1, 0.15) is 6.04 Å². The minimum atomic E-state index is -0.681. The van der Waals surface area contributed by atoms with E-state index in [1.807, 2.05) is 19.1 Å². The van der Waals surface area contributed by atoms with Gasteiger partial charge >= 0.3 is 0 Å². The Morgan fingerprint density at radius 1 is 1.19 bits per heavy atom. The third kappa shape index (κ3) is 3.24. The van der Waals surface area contributed by atoms with Gasteiger partial charge in [0, 0.05) is 35.2 Å². The maximum absolute atomic E-state index is 12.9. The van der Waals surface area contributed by atoms with Crippen LogP contribution in [0.2, 0.25) is 0 Å². The summed E-state index contributed by atoms with van der Waals surface area (Å²) in [6.07, 6.45) is 2.19. The summed E-state index contributed by atoms with van der Waals surface area (Å²) >= 11 is 0. The average molecular weight is 417 g/mol. The number of fused-ring (bicyclic) bond motifs is 2. The van der Waals surface area contributed by atoms with Crippen molar-refractivity contribution in [3.8, 4) is 0 Å². The molecule has 1 fully saturated rings. The predicted octanol–water partition coefficient (Wildman–Crippen LogP) is 1.88. The topological polar surface area (TPSA) is 124 Å². The number of hydrogen-bond donors (Lipinski definition) is 3. The van der Waals surface area contributed by atoms with Crippen LogP contribution in [0.1, 0.15) is 44.7 Å². The molecular weight excluding hydrogens is 398 g/mol. The van der Waals surface area contributed by atoms with Crippen molar-refractivity contribution in [3.63, 3.8) is 0 Å². The van der Waals surface area contributed by atoms with Gasteiger partial charge in [0.15, 0.2) is 0 Å². The molecule has 9 nitrogen and oxygen atoms in total. The van der Waals surface area contributed by atoms with E-state index in [1.54, 1.807) is 24.4 Å².